The lowest BCUT2D eigenvalue weighted by molar-refractivity contribution is -0.138. The standard InChI is InChI=1S/C25H32F3N5O.C24H26F3N5O.C23H24F3N5O.C21H25F3N4O2/c1-24(27,28)18-8-6-17(7-9-18)14-33(19-10-11-19)22-20(26)21(30-16-31-22)29-15-25(12-4-5-13-25)23(34)32(2)3;1-24(26,27)18-7-4-16(5-8-18)14-32(19-9-10-19)23-21(25)22(29-15-30-23)31(2)13-17-6-11-20(33-3)28-12-17;1-23(25,26)17-6-3-15(4-7-17)13-31(18-8-9-18)22-20(24)21(29-14-30-22)28-12-16-5-10-19(32-2)27-11-16;1-20(23,24)15-4-2-14(3-5-15)8-28(16-6-7-16)19-17(22)18(26-13-27-19)25-9-21(10-29)11-30-12-21/h6-9,16,19H,4-5,10-15H2,1-3H3,(H,29,30,31);4-8,11-12,15,19H,9-10,13-14H2,1-3H3;3-7,10-11,14,18H,8-9,12-13H2,1-2H3,(H,28,29,30);2-5,13,16,29H,6-12H2,1H3,(H,25,26,27). The van der Waals surface area contributed by atoms with E-state index < -0.39 is 57.8 Å². The van der Waals surface area contributed by atoms with Gasteiger partial charge in [0.15, 0.2) is 46.5 Å². The van der Waals surface area contributed by atoms with Crippen LogP contribution < -0.4 is 49.9 Å². The van der Waals surface area contributed by atoms with Crippen LogP contribution in [0.3, 0.4) is 0 Å². The first-order chi connectivity index (χ1) is 61.5. The molecule has 0 spiro atoms. The molecular formula is C93H107F12N19O5. The monoisotopic (exact) mass is 1800 g/mol. The van der Waals surface area contributed by atoms with Crippen LogP contribution in [-0.4, -0.2) is 158 Å². The molecule has 1 amide bonds. The Morgan fingerprint density at radius 2 is 0.721 bits per heavy atom. The normalized spacial score (nSPS) is 15.7. The Hall–Kier alpha value is -12.0. The van der Waals surface area contributed by atoms with Crippen molar-refractivity contribution in [1.29, 1.82) is 0 Å². The number of aliphatic hydroxyl groups excluding tert-OH is 1. The van der Waals surface area contributed by atoms with Gasteiger partial charge < -0.3 is 64.7 Å². The van der Waals surface area contributed by atoms with E-state index in [0.717, 1.165) is 138 Å². The summed E-state index contributed by atoms with van der Waals surface area (Å²) in [5.74, 6) is -11.5. The Morgan fingerprint density at radius 3 is 1.02 bits per heavy atom. The second-order valence-corrected chi connectivity index (χ2v) is 34.4. The fraction of sp³-hybridized carbons (Fsp3) is 0.452. The van der Waals surface area contributed by atoms with Crippen molar-refractivity contribution in [3.8, 4) is 11.8 Å². The van der Waals surface area contributed by atoms with Crippen LogP contribution >= 0.6 is 0 Å². The average molecular weight is 1800 g/mol. The van der Waals surface area contributed by atoms with Crippen LogP contribution in [0.4, 0.5) is 99.2 Å². The van der Waals surface area contributed by atoms with Gasteiger partial charge in [0.05, 0.1) is 44.9 Å². The number of carbonyl (C=O) groups excluding carboxylic acids is 1. The number of pyridine rings is 2. The summed E-state index contributed by atoms with van der Waals surface area (Å²) in [6.07, 6.45) is 19.5. The lowest BCUT2D eigenvalue weighted by Crippen LogP contribution is -2.50. The molecule has 5 aliphatic carbocycles. The number of amides is 1. The van der Waals surface area contributed by atoms with Crippen LogP contribution in [0.15, 0.2) is 159 Å². The molecule has 6 aliphatic rings. The molecule has 0 radical (unpaired) electrons. The van der Waals surface area contributed by atoms with Gasteiger partial charge in [-0.05, 0) is 97.6 Å². The molecule has 1 saturated heterocycles. The van der Waals surface area contributed by atoms with Gasteiger partial charge in [-0.2, -0.15) is 17.6 Å². The average Bonchev–Trinajstić information content (AvgIpc) is 1.75. The highest BCUT2D eigenvalue weighted by molar-refractivity contribution is 5.83. The van der Waals surface area contributed by atoms with Crippen LogP contribution in [0.1, 0.15) is 160 Å². The van der Waals surface area contributed by atoms with Gasteiger partial charge in [0.2, 0.25) is 40.9 Å². The summed E-state index contributed by atoms with van der Waals surface area (Å²) >= 11 is 0. The maximum absolute atomic E-state index is 15.6. The third-order valence-electron chi connectivity index (χ3n) is 23.4. The SMILES string of the molecule is CC(F)(F)c1ccc(CN(c2ncnc(NCC3(CO)COC3)c2F)C2CC2)cc1.CN(C)C(=O)C1(CNc2ncnc(N(Cc3ccc(C(C)(F)F)cc3)C3CC3)c2F)CCCC1.COc1ccc(CN(C)c2ncnc(N(Cc3ccc(C(C)(F)F)cc3)C3CC3)c2F)cn1.COc1ccc(CNc2ncnc(N(Cc3ccc(C(C)(F)F)cc3)C3CC3)c2F)cn1. The highest BCUT2D eigenvalue weighted by atomic mass is 19.3. The third kappa shape index (κ3) is 24.7. The number of methoxy groups -OCH3 is 2. The van der Waals surface area contributed by atoms with E-state index in [9.17, 15) is 45.0 Å². The molecule has 688 valence electrons. The minimum absolute atomic E-state index is 0.0469. The van der Waals surface area contributed by atoms with E-state index in [4.69, 9.17) is 14.2 Å². The topological polar surface area (TPSA) is 249 Å². The van der Waals surface area contributed by atoms with Gasteiger partial charge in [-0.25, -0.2) is 85.0 Å². The lowest BCUT2D eigenvalue weighted by Gasteiger charge is -2.40. The summed E-state index contributed by atoms with van der Waals surface area (Å²) in [6.45, 7) is 7.09. The maximum Gasteiger partial charge on any atom is 0.270 e. The molecule has 0 unspecified atom stereocenters. The summed E-state index contributed by atoms with van der Waals surface area (Å²) in [5, 5.41) is 18.6. The van der Waals surface area contributed by atoms with Crippen LogP contribution in [0.5, 0.6) is 11.8 Å². The molecule has 4 aromatic carbocycles. The van der Waals surface area contributed by atoms with E-state index >= 15 is 17.6 Å². The van der Waals surface area contributed by atoms with Gasteiger partial charge in [0.25, 0.3) is 23.7 Å². The molecule has 36 heteroatoms. The first-order valence-electron chi connectivity index (χ1n) is 42.8. The molecule has 24 nitrogen and oxygen atoms in total. The van der Waals surface area contributed by atoms with E-state index in [-0.39, 0.29) is 105 Å². The molecule has 16 rings (SSSR count). The predicted octanol–water partition coefficient (Wildman–Crippen LogP) is 18.1. The Balaban J connectivity index is 0.000000147. The van der Waals surface area contributed by atoms with Crippen molar-refractivity contribution in [1.82, 2.24) is 54.7 Å². The Bertz CT molecular complexity index is 5340. The summed E-state index contributed by atoms with van der Waals surface area (Å²) in [5.41, 5.74) is 3.76. The zero-order chi connectivity index (χ0) is 92.2. The molecule has 4 N–H and O–H groups in total. The van der Waals surface area contributed by atoms with Crippen molar-refractivity contribution in [2.75, 3.05) is 109 Å². The summed E-state index contributed by atoms with van der Waals surface area (Å²) < 4.78 is 185. The van der Waals surface area contributed by atoms with Crippen molar-refractivity contribution in [2.45, 2.75) is 192 Å². The largest absolute Gasteiger partial charge is 0.481 e. The number of halogens is 12. The fourth-order valence-corrected chi connectivity index (χ4v) is 15.3. The van der Waals surface area contributed by atoms with Gasteiger partial charge in [-0.15, -0.1) is 0 Å². The Kier molecular flexibility index (Phi) is 29.9. The number of benzene rings is 4. The molecule has 0 bridgehead atoms. The van der Waals surface area contributed by atoms with Crippen LogP contribution in [0, 0.1) is 34.1 Å². The third-order valence-corrected chi connectivity index (χ3v) is 23.4. The fourth-order valence-electron chi connectivity index (χ4n) is 15.3. The second-order valence-electron chi connectivity index (χ2n) is 34.4. The number of hydrogen-bond donors (Lipinski definition) is 4. The smallest absolute Gasteiger partial charge is 0.270 e. The number of alkyl halides is 8. The number of anilines is 8. The first kappa shape index (κ1) is 94.7. The minimum atomic E-state index is -2.90. The zero-order valence-electron chi connectivity index (χ0n) is 73.4. The van der Waals surface area contributed by atoms with Crippen molar-refractivity contribution >= 4 is 52.5 Å². The molecule has 5 saturated carbocycles. The summed E-state index contributed by atoms with van der Waals surface area (Å²) in [7, 11) is 8.33. The molecule has 10 aromatic rings. The molecular weight excluding hydrogens is 1690 g/mol. The zero-order valence-corrected chi connectivity index (χ0v) is 73.4. The van der Waals surface area contributed by atoms with E-state index in [2.05, 4.69) is 65.8 Å². The Labute approximate surface area is 741 Å². The molecule has 7 heterocycles. The summed E-state index contributed by atoms with van der Waals surface area (Å²) in [4.78, 5) is 65.1. The maximum atomic E-state index is 15.6. The molecule has 0 atom stereocenters. The highest BCUT2D eigenvalue weighted by Gasteiger charge is 2.44. The number of aliphatic hydroxyl groups is 1. The predicted molar refractivity (Wildman–Crippen MR) is 467 cm³/mol. The number of carbonyl (C=O) groups is 1. The van der Waals surface area contributed by atoms with E-state index in [1.54, 1.807) is 111 Å². The minimum Gasteiger partial charge on any atom is -0.481 e. The van der Waals surface area contributed by atoms with Crippen LogP contribution in [0.25, 0.3) is 0 Å². The number of rotatable bonds is 36. The second kappa shape index (κ2) is 40.8. The molecule has 1 aliphatic heterocycles. The molecule has 129 heavy (non-hydrogen) atoms. The van der Waals surface area contributed by atoms with E-state index in [0.29, 0.717) is 77.3 Å². The van der Waals surface area contributed by atoms with Crippen LogP contribution in [-0.2, 0) is 72.5 Å². The van der Waals surface area contributed by atoms with Gasteiger partial charge >= 0.3 is 0 Å². The van der Waals surface area contributed by atoms with Crippen molar-refractivity contribution in [3.05, 3.63) is 238 Å². The number of nitrogens with one attached hydrogen (secondary N) is 3. The van der Waals surface area contributed by atoms with E-state index in [1.165, 1.54) is 81.0 Å². The summed E-state index contributed by atoms with van der Waals surface area (Å²) in [6, 6.07) is 32.2. The first-order valence-corrected chi connectivity index (χ1v) is 42.8. The number of ether oxygens (including phenoxy) is 3. The van der Waals surface area contributed by atoms with Gasteiger partial charge in [-0.3, -0.25) is 4.79 Å². The van der Waals surface area contributed by atoms with Gasteiger partial charge in [0, 0.05) is 172 Å². The van der Waals surface area contributed by atoms with Gasteiger partial charge in [0.1, 0.15) is 25.3 Å². The highest BCUT2D eigenvalue weighted by Crippen LogP contribution is 2.44. The van der Waals surface area contributed by atoms with Gasteiger partial charge in [-0.1, -0.05) is 122 Å². The van der Waals surface area contributed by atoms with Crippen molar-refractivity contribution in [2.24, 2.45) is 10.8 Å². The lowest BCUT2D eigenvalue weighted by atomic mass is 9.84. The molecule has 6 aromatic heterocycles. The molecule has 6 fully saturated rings. The number of nitrogens with zero attached hydrogens (tertiary/aromatic N) is 16. The Morgan fingerprint density at radius 1 is 0.411 bits per heavy atom. The number of hydrogen-bond acceptors (Lipinski definition) is 23. The quantitative estimate of drug-likeness (QED) is 0.0266. The van der Waals surface area contributed by atoms with Crippen molar-refractivity contribution in [3.63, 3.8) is 0 Å². The van der Waals surface area contributed by atoms with Crippen LogP contribution in [0.2, 0.25) is 0 Å². The number of aromatic nitrogens is 10. The van der Waals surface area contributed by atoms with E-state index in [1.807, 2.05) is 31.7 Å². The van der Waals surface area contributed by atoms with Crippen molar-refractivity contribution < 1.29 is 76.8 Å².